The molecule has 3 rings (SSSR count). The first-order valence-corrected chi connectivity index (χ1v) is 11.7. The van der Waals surface area contributed by atoms with Gasteiger partial charge < -0.3 is 23.5 Å². The Bertz CT molecular complexity index is 975. The Morgan fingerprint density at radius 3 is 2.13 bits per heavy atom. The van der Waals surface area contributed by atoms with Gasteiger partial charge >= 0.3 is 16.1 Å². The molecule has 1 aliphatic rings. The van der Waals surface area contributed by atoms with Gasteiger partial charge in [0.15, 0.2) is 0 Å². The van der Waals surface area contributed by atoms with Gasteiger partial charge in [0.05, 0.1) is 26.1 Å². The van der Waals surface area contributed by atoms with Crippen LogP contribution in [-0.4, -0.2) is 51.4 Å². The zero-order valence-corrected chi connectivity index (χ0v) is 18.3. The van der Waals surface area contributed by atoms with Crippen LogP contribution < -0.4 is 8.92 Å². The fourth-order valence-electron chi connectivity index (χ4n) is 3.11. The van der Waals surface area contributed by atoms with Gasteiger partial charge in [0.2, 0.25) is 0 Å². The van der Waals surface area contributed by atoms with Crippen LogP contribution in [0.1, 0.15) is 18.1 Å². The lowest BCUT2D eigenvalue weighted by molar-refractivity contribution is -0.270. The van der Waals surface area contributed by atoms with E-state index in [-0.39, 0.29) is 11.7 Å². The number of benzene rings is 2. The molecule has 0 spiro atoms. The van der Waals surface area contributed by atoms with Gasteiger partial charge in [-0.15, -0.1) is 0 Å². The Kier molecular flexibility index (Phi) is 7.19. The first kappa shape index (κ1) is 23.1. The maximum atomic E-state index is 11.1. The molecule has 0 aromatic heterocycles. The number of carbonyl (C=O) groups is 1. The summed E-state index contributed by atoms with van der Waals surface area (Å²) in [7, 11) is -3.53. The average molecular weight is 451 g/mol. The zero-order valence-electron chi connectivity index (χ0n) is 17.4. The number of hydrogen-bond donors (Lipinski definition) is 1. The van der Waals surface area contributed by atoms with Crippen molar-refractivity contribution in [3.05, 3.63) is 59.7 Å². The fraction of sp³-hybridized carbons (Fsp3) is 0.409. The van der Waals surface area contributed by atoms with E-state index >= 15 is 0 Å². The minimum atomic E-state index is -3.53. The van der Waals surface area contributed by atoms with E-state index in [0.717, 1.165) is 29.6 Å². The van der Waals surface area contributed by atoms with Crippen LogP contribution in [-0.2, 0) is 37.2 Å². The lowest BCUT2D eigenvalue weighted by atomic mass is 9.99. The van der Waals surface area contributed by atoms with Crippen LogP contribution in [0.15, 0.2) is 48.5 Å². The second-order valence-electron chi connectivity index (χ2n) is 7.62. The van der Waals surface area contributed by atoms with Gasteiger partial charge in [-0.2, -0.15) is 8.42 Å². The maximum Gasteiger partial charge on any atom is 0.364 e. The van der Waals surface area contributed by atoms with Crippen molar-refractivity contribution in [2.24, 2.45) is 5.92 Å². The van der Waals surface area contributed by atoms with Crippen molar-refractivity contribution in [2.75, 3.05) is 26.1 Å². The lowest BCUT2D eigenvalue weighted by Gasteiger charge is -2.34. The van der Waals surface area contributed by atoms with Crippen molar-refractivity contribution in [2.45, 2.75) is 25.6 Å². The summed E-state index contributed by atoms with van der Waals surface area (Å²) in [4.78, 5) is 11.1. The molecule has 0 amide bonds. The quantitative estimate of drug-likeness (QED) is 0.581. The van der Waals surface area contributed by atoms with Crippen LogP contribution in [0.4, 0.5) is 0 Å². The highest BCUT2D eigenvalue weighted by atomic mass is 32.2. The van der Waals surface area contributed by atoms with Gasteiger partial charge in [0, 0.05) is 19.3 Å². The number of aliphatic carboxylic acids is 1. The summed E-state index contributed by atoms with van der Waals surface area (Å²) in [6, 6.07) is 14.6. The van der Waals surface area contributed by atoms with Crippen LogP contribution >= 0.6 is 0 Å². The molecule has 8 nitrogen and oxygen atoms in total. The summed E-state index contributed by atoms with van der Waals surface area (Å²) in [5.74, 6) is -1.56. The zero-order chi connectivity index (χ0) is 22.5. The smallest absolute Gasteiger partial charge is 0.364 e. The highest BCUT2D eigenvalue weighted by Crippen LogP contribution is 2.24. The first-order valence-electron chi connectivity index (χ1n) is 9.84. The number of rotatable bonds is 9. The second kappa shape index (κ2) is 9.67. The van der Waals surface area contributed by atoms with Gasteiger partial charge in [0.25, 0.3) is 5.79 Å². The van der Waals surface area contributed by atoms with Crippen molar-refractivity contribution >= 4 is 16.1 Å². The summed E-state index contributed by atoms with van der Waals surface area (Å²) in [6.07, 6.45) is 2.39. The molecule has 0 bridgehead atoms. The minimum Gasteiger partial charge on any atom is -0.493 e. The Hall–Kier alpha value is -2.62. The third-order valence-corrected chi connectivity index (χ3v) is 5.35. The first-order chi connectivity index (χ1) is 14.6. The predicted molar refractivity (Wildman–Crippen MR) is 113 cm³/mol. The molecule has 2 aromatic carbocycles. The fourth-order valence-corrected chi connectivity index (χ4v) is 3.57. The SMILES string of the molecule is CC1(C(=O)O)OCC(Cc2ccc(OCCc3ccc(OS(C)(=O)=O)cc3)cc2)CO1. The van der Waals surface area contributed by atoms with Crippen molar-refractivity contribution in [1.82, 2.24) is 0 Å². The molecule has 31 heavy (non-hydrogen) atoms. The van der Waals surface area contributed by atoms with Crippen molar-refractivity contribution in [1.29, 1.82) is 0 Å². The Morgan fingerprint density at radius 2 is 1.58 bits per heavy atom. The standard InChI is InChI=1S/C22H26O8S/c1-22(21(23)24)28-14-18(15-29-22)13-17-5-7-19(8-6-17)27-12-11-16-3-9-20(10-4-16)30-31(2,25)26/h3-10,18H,11-15H2,1-2H3,(H,23,24). The Labute approximate surface area is 181 Å². The summed E-state index contributed by atoms with van der Waals surface area (Å²) < 4.78 is 43.6. The van der Waals surface area contributed by atoms with E-state index in [1.807, 2.05) is 24.3 Å². The maximum absolute atomic E-state index is 11.1. The lowest BCUT2D eigenvalue weighted by Crippen LogP contribution is -2.48. The van der Waals surface area contributed by atoms with E-state index in [9.17, 15) is 13.2 Å². The molecule has 1 saturated heterocycles. The number of ether oxygens (including phenoxy) is 3. The number of carboxylic acid groups (broad SMARTS) is 1. The van der Waals surface area contributed by atoms with E-state index in [0.29, 0.717) is 26.2 Å². The van der Waals surface area contributed by atoms with Crippen LogP contribution in [0.5, 0.6) is 11.5 Å². The van der Waals surface area contributed by atoms with Crippen LogP contribution in [0, 0.1) is 5.92 Å². The van der Waals surface area contributed by atoms with E-state index in [4.69, 9.17) is 23.5 Å². The molecule has 1 N–H and O–H groups in total. The summed E-state index contributed by atoms with van der Waals surface area (Å²) in [5.41, 5.74) is 2.09. The molecule has 1 aliphatic heterocycles. The highest BCUT2D eigenvalue weighted by Gasteiger charge is 2.40. The molecule has 0 unspecified atom stereocenters. The third-order valence-electron chi connectivity index (χ3n) is 4.86. The molecule has 0 aliphatic carbocycles. The van der Waals surface area contributed by atoms with Gasteiger partial charge in [-0.3, -0.25) is 0 Å². The molecule has 1 fully saturated rings. The van der Waals surface area contributed by atoms with E-state index in [1.165, 1.54) is 6.92 Å². The molecule has 0 atom stereocenters. The second-order valence-corrected chi connectivity index (χ2v) is 9.19. The van der Waals surface area contributed by atoms with Crippen molar-refractivity contribution in [3.63, 3.8) is 0 Å². The van der Waals surface area contributed by atoms with Gasteiger partial charge in [-0.1, -0.05) is 24.3 Å². The highest BCUT2D eigenvalue weighted by molar-refractivity contribution is 7.86. The third kappa shape index (κ3) is 6.95. The molecule has 0 radical (unpaired) electrons. The molecule has 9 heteroatoms. The topological polar surface area (TPSA) is 108 Å². The molecule has 168 valence electrons. The van der Waals surface area contributed by atoms with E-state index in [2.05, 4.69) is 0 Å². The van der Waals surface area contributed by atoms with Crippen LogP contribution in [0.25, 0.3) is 0 Å². The minimum absolute atomic E-state index is 0.0915. The number of hydrogen-bond acceptors (Lipinski definition) is 7. The van der Waals surface area contributed by atoms with Gasteiger partial charge in [-0.25, -0.2) is 4.79 Å². The summed E-state index contributed by atoms with van der Waals surface area (Å²) in [6.45, 7) is 2.54. The summed E-state index contributed by atoms with van der Waals surface area (Å²) >= 11 is 0. The molecule has 2 aromatic rings. The molecule has 0 saturated carbocycles. The molecule has 1 heterocycles. The van der Waals surface area contributed by atoms with Crippen LogP contribution in [0.3, 0.4) is 0 Å². The average Bonchev–Trinajstić information content (AvgIpc) is 2.71. The monoisotopic (exact) mass is 450 g/mol. The normalized spacial score (nSPS) is 21.4. The van der Waals surface area contributed by atoms with E-state index in [1.54, 1.807) is 24.3 Å². The van der Waals surface area contributed by atoms with Gasteiger partial charge in [-0.05, 0) is 41.8 Å². The van der Waals surface area contributed by atoms with Gasteiger partial charge in [0.1, 0.15) is 11.5 Å². The van der Waals surface area contributed by atoms with E-state index < -0.39 is 21.9 Å². The predicted octanol–water partition coefficient (Wildman–Crippen LogP) is 2.65. The van der Waals surface area contributed by atoms with Crippen LogP contribution in [0.2, 0.25) is 0 Å². The molecular weight excluding hydrogens is 424 g/mol. The number of carboxylic acids is 1. The Balaban J connectivity index is 1.42. The van der Waals surface area contributed by atoms with Crippen molar-refractivity contribution < 1.29 is 36.7 Å². The van der Waals surface area contributed by atoms with Crippen molar-refractivity contribution in [3.8, 4) is 11.5 Å². The largest absolute Gasteiger partial charge is 0.493 e. The summed E-state index contributed by atoms with van der Waals surface area (Å²) in [5, 5.41) is 9.11. The Morgan fingerprint density at radius 1 is 1.03 bits per heavy atom. The molecular formula is C22H26O8S.